The molecule has 2 heterocycles. The molecule has 0 saturated carbocycles. The highest BCUT2D eigenvalue weighted by Crippen LogP contribution is 2.23. The Morgan fingerprint density at radius 3 is 2.38 bits per heavy atom. The third-order valence-electron chi connectivity index (χ3n) is 4.00. The van der Waals surface area contributed by atoms with Gasteiger partial charge in [0.1, 0.15) is 0 Å². The van der Waals surface area contributed by atoms with Gasteiger partial charge >= 0.3 is 0 Å². The molecule has 0 aliphatic carbocycles. The van der Waals surface area contributed by atoms with Crippen LogP contribution in [0.5, 0.6) is 0 Å². The third kappa shape index (κ3) is 2.94. The van der Waals surface area contributed by atoms with Gasteiger partial charge < -0.3 is 14.7 Å². The molecule has 0 radical (unpaired) electrons. The van der Waals surface area contributed by atoms with E-state index in [9.17, 15) is 5.11 Å². The van der Waals surface area contributed by atoms with E-state index in [2.05, 4.69) is 16.8 Å². The Morgan fingerprint density at radius 1 is 1.19 bits per heavy atom. The van der Waals surface area contributed by atoms with E-state index in [1.807, 2.05) is 0 Å². The van der Waals surface area contributed by atoms with Gasteiger partial charge in [0.25, 0.3) is 0 Å². The molecular formula is C12H24N2O2. The summed E-state index contributed by atoms with van der Waals surface area (Å²) in [6.45, 7) is 6.48. The van der Waals surface area contributed by atoms with Gasteiger partial charge in [-0.05, 0) is 25.8 Å². The quantitative estimate of drug-likeness (QED) is 0.739. The predicted octanol–water partition coefficient (Wildman–Crippen LogP) is 0.0213. The number of aliphatic hydroxyl groups excluding tert-OH is 1. The van der Waals surface area contributed by atoms with Crippen LogP contribution in [-0.2, 0) is 4.74 Å². The van der Waals surface area contributed by atoms with Crippen LogP contribution in [0.3, 0.4) is 0 Å². The lowest BCUT2D eigenvalue weighted by Gasteiger charge is -2.41. The molecule has 0 amide bonds. The van der Waals surface area contributed by atoms with Crippen LogP contribution in [-0.4, -0.2) is 74.0 Å². The molecule has 2 fully saturated rings. The number of hydrogen-bond acceptors (Lipinski definition) is 4. The first-order valence-electron chi connectivity index (χ1n) is 6.42. The minimum atomic E-state index is 0.300. The highest BCUT2D eigenvalue weighted by Gasteiger charge is 2.29. The summed E-state index contributed by atoms with van der Waals surface area (Å²) in [4.78, 5) is 4.82. The second-order valence-electron chi connectivity index (χ2n) is 5.04. The van der Waals surface area contributed by atoms with Crippen molar-refractivity contribution in [2.75, 3.05) is 53.0 Å². The second-order valence-corrected chi connectivity index (χ2v) is 5.04. The topological polar surface area (TPSA) is 35.9 Å². The fraction of sp³-hybridized carbons (Fsp3) is 1.00. The maximum atomic E-state index is 9.60. The first-order valence-corrected chi connectivity index (χ1v) is 6.42. The number of nitrogens with zero attached hydrogens (tertiary/aromatic N) is 2. The summed E-state index contributed by atoms with van der Waals surface area (Å²) in [5.41, 5.74) is 0. The lowest BCUT2D eigenvalue weighted by molar-refractivity contribution is -0.00689. The Hall–Kier alpha value is -0.160. The van der Waals surface area contributed by atoms with Crippen molar-refractivity contribution >= 4 is 0 Å². The maximum absolute atomic E-state index is 9.60. The van der Waals surface area contributed by atoms with Crippen LogP contribution in [0, 0.1) is 5.92 Å². The molecule has 2 rings (SSSR count). The van der Waals surface area contributed by atoms with Gasteiger partial charge in [-0.15, -0.1) is 0 Å². The summed E-state index contributed by atoms with van der Waals surface area (Å²) in [6.07, 6.45) is 2.22. The van der Waals surface area contributed by atoms with E-state index in [1.54, 1.807) is 0 Å². The first kappa shape index (κ1) is 12.3. The normalized spacial score (nSPS) is 28.1. The number of hydrogen-bond donors (Lipinski definition) is 1. The molecule has 1 N–H and O–H groups in total. The number of ether oxygens (including phenoxy) is 1. The standard InChI is InChI=1S/C12H24N2O2/c1-13-4-6-14(7-5-13)12(10-15)11-2-8-16-9-3-11/h11-12,15H,2-10H2,1H3. The number of piperazine rings is 1. The number of likely N-dealkylation sites (N-methyl/N-ethyl adjacent to an activating group) is 1. The number of aliphatic hydroxyl groups is 1. The molecule has 4 heteroatoms. The van der Waals surface area contributed by atoms with Gasteiger partial charge in [0, 0.05) is 45.4 Å². The molecule has 16 heavy (non-hydrogen) atoms. The van der Waals surface area contributed by atoms with Crippen molar-refractivity contribution in [3.63, 3.8) is 0 Å². The molecule has 0 aromatic carbocycles. The van der Waals surface area contributed by atoms with Crippen LogP contribution in [0.15, 0.2) is 0 Å². The fourth-order valence-electron chi connectivity index (χ4n) is 2.82. The van der Waals surface area contributed by atoms with Crippen LogP contribution in [0.1, 0.15) is 12.8 Å². The third-order valence-corrected chi connectivity index (χ3v) is 4.00. The Balaban J connectivity index is 1.88. The fourth-order valence-corrected chi connectivity index (χ4v) is 2.82. The van der Waals surface area contributed by atoms with Crippen molar-refractivity contribution < 1.29 is 9.84 Å². The molecule has 4 nitrogen and oxygen atoms in total. The highest BCUT2D eigenvalue weighted by atomic mass is 16.5. The summed E-state index contributed by atoms with van der Waals surface area (Å²) < 4.78 is 5.39. The average molecular weight is 228 g/mol. The second kappa shape index (κ2) is 5.96. The maximum Gasteiger partial charge on any atom is 0.0589 e. The van der Waals surface area contributed by atoms with Crippen molar-refractivity contribution in [2.24, 2.45) is 5.92 Å². The van der Waals surface area contributed by atoms with Crippen molar-refractivity contribution in [3.8, 4) is 0 Å². The lowest BCUT2D eigenvalue weighted by atomic mass is 9.90. The molecule has 0 spiro atoms. The van der Waals surface area contributed by atoms with Gasteiger partial charge in [-0.3, -0.25) is 4.90 Å². The van der Waals surface area contributed by atoms with Gasteiger partial charge in [0.2, 0.25) is 0 Å². The average Bonchev–Trinajstić information content (AvgIpc) is 2.34. The molecule has 0 aromatic heterocycles. The van der Waals surface area contributed by atoms with Crippen molar-refractivity contribution in [2.45, 2.75) is 18.9 Å². The van der Waals surface area contributed by atoms with Crippen molar-refractivity contribution in [1.82, 2.24) is 9.80 Å². The molecular weight excluding hydrogens is 204 g/mol. The summed E-state index contributed by atoms with van der Waals surface area (Å²) in [5, 5.41) is 9.60. The van der Waals surface area contributed by atoms with E-state index in [0.29, 0.717) is 18.6 Å². The summed E-state index contributed by atoms with van der Waals surface area (Å²) >= 11 is 0. The Bertz CT molecular complexity index is 199. The molecule has 0 aromatic rings. The van der Waals surface area contributed by atoms with Crippen LogP contribution in [0.2, 0.25) is 0 Å². The minimum Gasteiger partial charge on any atom is -0.395 e. The summed E-state index contributed by atoms with van der Waals surface area (Å²) in [6, 6.07) is 0.359. The number of rotatable bonds is 3. The van der Waals surface area contributed by atoms with E-state index < -0.39 is 0 Å². The zero-order valence-electron chi connectivity index (χ0n) is 10.3. The predicted molar refractivity (Wildman–Crippen MR) is 63.5 cm³/mol. The first-order chi connectivity index (χ1) is 7.81. The van der Waals surface area contributed by atoms with Gasteiger partial charge in [0.15, 0.2) is 0 Å². The van der Waals surface area contributed by atoms with E-state index >= 15 is 0 Å². The molecule has 2 aliphatic rings. The summed E-state index contributed by atoms with van der Waals surface area (Å²) in [7, 11) is 2.17. The van der Waals surface area contributed by atoms with E-state index in [-0.39, 0.29) is 0 Å². The molecule has 1 unspecified atom stereocenters. The zero-order chi connectivity index (χ0) is 11.4. The van der Waals surface area contributed by atoms with Gasteiger partial charge in [-0.1, -0.05) is 0 Å². The van der Waals surface area contributed by atoms with E-state index in [0.717, 1.165) is 52.2 Å². The molecule has 0 bridgehead atoms. The Labute approximate surface area is 98.2 Å². The molecule has 1 atom stereocenters. The van der Waals surface area contributed by atoms with Crippen LogP contribution in [0.4, 0.5) is 0 Å². The smallest absolute Gasteiger partial charge is 0.0589 e. The minimum absolute atomic E-state index is 0.300. The van der Waals surface area contributed by atoms with Crippen LogP contribution >= 0.6 is 0 Å². The van der Waals surface area contributed by atoms with E-state index in [1.165, 1.54) is 0 Å². The zero-order valence-corrected chi connectivity index (χ0v) is 10.3. The highest BCUT2D eigenvalue weighted by molar-refractivity contribution is 4.83. The van der Waals surface area contributed by atoms with Crippen LogP contribution < -0.4 is 0 Å². The van der Waals surface area contributed by atoms with Crippen molar-refractivity contribution in [1.29, 1.82) is 0 Å². The molecule has 2 aliphatic heterocycles. The largest absolute Gasteiger partial charge is 0.395 e. The molecule has 94 valence electrons. The van der Waals surface area contributed by atoms with Gasteiger partial charge in [0.05, 0.1) is 6.61 Å². The Kier molecular flexibility index (Phi) is 4.58. The van der Waals surface area contributed by atoms with Gasteiger partial charge in [-0.2, -0.15) is 0 Å². The lowest BCUT2D eigenvalue weighted by Crippen LogP contribution is -2.53. The monoisotopic (exact) mass is 228 g/mol. The SMILES string of the molecule is CN1CCN(C(CO)C2CCOCC2)CC1. The van der Waals surface area contributed by atoms with Gasteiger partial charge in [-0.25, -0.2) is 0 Å². The van der Waals surface area contributed by atoms with Crippen LogP contribution in [0.25, 0.3) is 0 Å². The van der Waals surface area contributed by atoms with E-state index in [4.69, 9.17) is 4.74 Å². The Morgan fingerprint density at radius 2 is 1.81 bits per heavy atom. The molecule has 2 saturated heterocycles. The summed E-state index contributed by atoms with van der Waals surface area (Å²) in [5.74, 6) is 0.627. The van der Waals surface area contributed by atoms with Crippen molar-refractivity contribution in [3.05, 3.63) is 0 Å².